The van der Waals surface area contributed by atoms with Crippen LogP contribution < -0.4 is 10.2 Å². The first-order valence-corrected chi connectivity index (χ1v) is 18.3. The molecule has 7 rings (SSSR count). The number of hydrogen-bond donors (Lipinski definition) is 1. The van der Waals surface area contributed by atoms with E-state index in [1.165, 1.54) is 29.8 Å². The van der Waals surface area contributed by atoms with Crippen LogP contribution in [0.2, 0.25) is 0 Å². The number of nitrogens with zero attached hydrogens (tertiary/aromatic N) is 3. The summed E-state index contributed by atoms with van der Waals surface area (Å²) in [5, 5.41) is 3.66. The molecule has 1 N–H and O–H groups in total. The Kier molecular flexibility index (Phi) is 9.55. The maximum atomic E-state index is 14.4. The van der Waals surface area contributed by atoms with E-state index in [9.17, 15) is 18.4 Å². The molecule has 0 spiro atoms. The van der Waals surface area contributed by atoms with Gasteiger partial charge in [0.2, 0.25) is 5.91 Å². The van der Waals surface area contributed by atoms with Crippen molar-refractivity contribution in [1.29, 1.82) is 0 Å². The number of ketones is 1. The molecule has 1 fully saturated rings. The summed E-state index contributed by atoms with van der Waals surface area (Å²) in [6.45, 7) is 13.1. The molecule has 4 aromatic carbocycles. The number of benzene rings is 4. The highest BCUT2D eigenvalue weighted by atomic mass is 19.1. The summed E-state index contributed by atoms with van der Waals surface area (Å²) >= 11 is 0. The molecule has 1 unspecified atom stereocenters. The lowest BCUT2D eigenvalue weighted by Gasteiger charge is -2.41. The number of fused-ring (bicyclic) bond motifs is 1. The number of hydrogen-bond acceptors (Lipinski definition) is 5. The van der Waals surface area contributed by atoms with Crippen molar-refractivity contribution < 1.29 is 18.4 Å². The summed E-state index contributed by atoms with van der Waals surface area (Å²) < 4.78 is 27.8. The molecule has 2 aliphatic heterocycles. The third-order valence-corrected chi connectivity index (χ3v) is 10.8. The van der Waals surface area contributed by atoms with E-state index in [-0.39, 0.29) is 46.7 Å². The van der Waals surface area contributed by atoms with Crippen LogP contribution in [0, 0.1) is 17.0 Å². The van der Waals surface area contributed by atoms with E-state index in [1.54, 1.807) is 24.3 Å². The zero-order chi connectivity index (χ0) is 36.8. The van der Waals surface area contributed by atoms with Crippen LogP contribution in [0.1, 0.15) is 81.8 Å². The molecule has 1 atom stereocenters. The molecule has 0 aromatic heterocycles. The number of allylic oxidation sites excluding steroid dienone is 1. The number of para-hydroxylation sites is 2. The SMILES string of the molecule is CC1(C)CC(=O)C2=C(C1)Nc1ccccc1N(CC(=O)N1CCN(C(c3ccc(F)cc3)c3ccc(F)cc3)CC1)C2c1ccc(C(C)(C)C)cc1. The van der Waals surface area contributed by atoms with Gasteiger partial charge in [-0.05, 0) is 75.9 Å². The van der Waals surface area contributed by atoms with Crippen molar-refractivity contribution in [2.75, 3.05) is 42.9 Å². The van der Waals surface area contributed by atoms with Crippen LogP contribution in [-0.2, 0) is 15.0 Å². The van der Waals surface area contributed by atoms with E-state index in [0.717, 1.165) is 45.8 Å². The van der Waals surface area contributed by atoms with Gasteiger partial charge in [0.15, 0.2) is 5.78 Å². The smallest absolute Gasteiger partial charge is 0.242 e. The van der Waals surface area contributed by atoms with E-state index in [0.29, 0.717) is 32.6 Å². The van der Waals surface area contributed by atoms with Gasteiger partial charge in [-0.2, -0.15) is 0 Å². The maximum Gasteiger partial charge on any atom is 0.242 e. The number of Topliss-reactive ketones (excluding diaryl/α,β-unsaturated/α-hetero) is 1. The van der Waals surface area contributed by atoms with Crippen molar-refractivity contribution >= 4 is 23.1 Å². The van der Waals surface area contributed by atoms with Crippen molar-refractivity contribution in [2.24, 2.45) is 5.41 Å². The number of piperazine rings is 1. The number of rotatable bonds is 6. The summed E-state index contributed by atoms with van der Waals surface area (Å²) in [4.78, 5) is 34.9. The third kappa shape index (κ3) is 7.26. The number of anilines is 2. The molecule has 1 amide bonds. The maximum absolute atomic E-state index is 14.4. The fourth-order valence-corrected chi connectivity index (χ4v) is 8.12. The van der Waals surface area contributed by atoms with Gasteiger partial charge < -0.3 is 15.1 Å². The van der Waals surface area contributed by atoms with Crippen LogP contribution in [0.5, 0.6) is 0 Å². The van der Waals surface area contributed by atoms with E-state index in [1.807, 2.05) is 29.2 Å². The average Bonchev–Trinajstić information content (AvgIpc) is 3.24. The van der Waals surface area contributed by atoms with Crippen molar-refractivity contribution in [1.82, 2.24) is 9.80 Å². The van der Waals surface area contributed by atoms with Gasteiger partial charge in [-0.1, -0.05) is 95.3 Å². The molecule has 0 bridgehead atoms. The standard InChI is InChI=1S/C44H48F2N4O2/c1-43(2,3)32-16-10-31(11-17-32)42-40-36(26-44(4,5)27-38(40)51)47-35-8-6-7-9-37(35)50(42)28-39(52)48-22-24-49(25-23-48)41(29-12-18-33(45)19-13-29)30-14-20-34(46)21-15-30/h6-21,41-42,47H,22-28H2,1-5H3. The second-order valence-electron chi connectivity index (χ2n) is 16.3. The number of carbonyl (C=O) groups is 2. The van der Waals surface area contributed by atoms with Gasteiger partial charge in [-0.15, -0.1) is 0 Å². The molecular weight excluding hydrogens is 655 g/mol. The second-order valence-corrected chi connectivity index (χ2v) is 16.3. The summed E-state index contributed by atoms with van der Waals surface area (Å²) in [6, 6.07) is 28.8. The fourth-order valence-electron chi connectivity index (χ4n) is 8.12. The molecule has 8 heteroatoms. The van der Waals surface area contributed by atoms with E-state index < -0.39 is 6.04 Å². The Hall–Kier alpha value is -4.82. The Bertz CT molecular complexity index is 1930. The fraction of sp³-hybridized carbons (Fsp3) is 0.364. The number of nitrogens with one attached hydrogen (secondary N) is 1. The molecule has 0 radical (unpaired) electrons. The predicted octanol–water partition coefficient (Wildman–Crippen LogP) is 8.81. The molecule has 52 heavy (non-hydrogen) atoms. The van der Waals surface area contributed by atoms with Crippen molar-refractivity contribution in [2.45, 2.75) is 65.0 Å². The summed E-state index contributed by atoms with van der Waals surface area (Å²) in [7, 11) is 0. The molecule has 2 heterocycles. The Morgan fingerprint density at radius 3 is 1.96 bits per heavy atom. The van der Waals surface area contributed by atoms with Crippen LogP contribution in [0.3, 0.4) is 0 Å². The highest BCUT2D eigenvalue weighted by Gasteiger charge is 2.42. The number of halogens is 2. The van der Waals surface area contributed by atoms with Gasteiger partial charge in [0.1, 0.15) is 11.6 Å². The van der Waals surface area contributed by atoms with E-state index in [2.05, 4.69) is 74.0 Å². The summed E-state index contributed by atoms with van der Waals surface area (Å²) in [5.74, 6) is -0.534. The third-order valence-electron chi connectivity index (χ3n) is 10.8. The van der Waals surface area contributed by atoms with E-state index in [4.69, 9.17) is 0 Å². The Balaban J connectivity index is 1.20. The largest absolute Gasteiger partial charge is 0.357 e. The van der Waals surface area contributed by atoms with Gasteiger partial charge in [0.05, 0.1) is 30.0 Å². The first-order valence-electron chi connectivity index (χ1n) is 18.3. The second kappa shape index (κ2) is 14.0. The van der Waals surface area contributed by atoms with E-state index >= 15 is 0 Å². The van der Waals surface area contributed by atoms with Crippen LogP contribution in [0.15, 0.2) is 108 Å². The number of carbonyl (C=O) groups excluding carboxylic acids is 2. The summed E-state index contributed by atoms with van der Waals surface area (Å²) in [5.41, 5.74) is 7.20. The van der Waals surface area contributed by atoms with Crippen LogP contribution in [0.4, 0.5) is 20.2 Å². The lowest BCUT2D eigenvalue weighted by atomic mass is 9.73. The van der Waals surface area contributed by atoms with Crippen molar-refractivity contribution in [3.05, 3.63) is 142 Å². The highest BCUT2D eigenvalue weighted by Crippen LogP contribution is 2.48. The minimum absolute atomic E-state index is 0.0153. The Labute approximate surface area is 306 Å². The quantitative estimate of drug-likeness (QED) is 0.218. The first kappa shape index (κ1) is 35.6. The van der Waals surface area contributed by atoms with Crippen molar-refractivity contribution in [3.63, 3.8) is 0 Å². The molecular formula is C44H48F2N4O2. The minimum atomic E-state index is -0.449. The Morgan fingerprint density at radius 1 is 0.808 bits per heavy atom. The molecule has 1 saturated heterocycles. The molecule has 3 aliphatic rings. The molecule has 1 aliphatic carbocycles. The molecule has 0 saturated carbocycles. The average molecular weight is 703 g/mol. The monoisotopic (exact) mass is 702 g/mol. The topological polar surface area (TPSA) is 55.9 Å². The Morgan fingerprint density at radius 2 is 1.38 bits per heavy atom. The van der Waals surface area contributed by atoms with Gasteiger partial charge in [0.25, 0.3) is 0 Å². The first-order chi connectivity index (χ1) is 24.8. The number of amides is 1. The molecule has 4 aromatic rings. The van der Waals surface area contributed by atoms with Crippen LogP contribution in [-0.4, -0.2) is 54.2 Å². The van der Waals surface area contributed by atoms with Crippen molar-refractivity contribution in [3.8, 4) is 0 Å². The highest BCUT2D eigenvalue weighted by molar-refractivity contribution is 6.02. The zero-order valence-corrected chi connectivity index (χ0v) is 30.8. The van der Waals surface area contributed by atoms with Crippen LogP contribution in [0.25, 0.3) is 0 Å². The van der Waals surface area contributed by atoms with Gasteiger partial charge in [-0.3, -0.25) is 14.5 Å². The minimum Gasteiger partial charge on any atom is -0.357 e. The van der Waals surface area contributed by atoms with Gasteiger partial charge >= 0.3 is 0 Å². The summed E-state index contributed by atoms with van der Waals surface area (Å²) in [6.07, 6.45) is 1.17. The van der Waals surface area contributed by atoms with Crippen LogP contribution >= 0.6 is 0 Å². The lowest BCUT2D eigenvalue weighted by molar-refractivity contribution is -0.131. The molecule has 270 valence electrons. The lowest BCUT2D eigenvalue weighted by Crippen LogP contribution is -2.52. The zero-order valence-electron chi connectivity index (χ0n) is 30.8. The van der Waals surface area contributed by atoms with Gasteiger partial charge in [0, 0.05) is 43.9 Å². The predicted molar refractivity (Wildman–Crippen MR) is 203 cm³/mol. The molecule has 6 nitrogen and oxygen atoms in total. The normalized spacial score (nSPS) is 19.2. The van der Waals surface area contributed by atoms with Gasteiger partial charge in [-0.25, -0.2) is 8.78 Å².